The zero-order valence-corrected chi connectivity index (χ0v) is 12.1. The zero-order valence-electron chi connectivity index (χ0n) is 10.5. The van der Waals surface area contributed by atoms with Crippen LogP contribution in [0.5, 0.6) is 0 Å². The number of sulfonamides is 1. The Morgan fingerprint density at radius 1 is 1.37 bits per heavy atom. The zero-order chi connectivity index (χ0) is 14.5. The summed E-state index contributed by atoms with van der Waals surface area (Å²) in [7, 11) is -3.47. The van der Waals surface area contributed by atoms with Crippen LogP contribution in [0.3, 0.4) is 0 Å². The van der Waals surface area contributed by atoms with E-state index >= 15 is 0 Å². The number of carbonyl (C=O) groups is 1. The van der Waals surface area contributed by atoms with Gasteiger partial charge in [0.2, 0.25) is 10.0 Å². The summed E-state index contributed by atoms with van der Waals surface area (Å²) < 4.78 is 26.0. The fraction of sp³-hybridized carbons (Fsp3) is 0.417. The number of hydrogen-bond acceptors (Lipinski definition) is 3. The number of aromatic carboxylic acids is 1. The third kappa shape index (κ3) is 5.08. The highest BCUT2D eigenvalue weighted by Crippen LogP contribution is 2.18. The lowest BCUT2D eigenvalue weighted by atomic mass is 10.1. The molecule has 0 spiro atoms. The maximum Gasteiger partial charge on any atom is 0.335 e. The van der Waals surface area contributed by atoms with E-state index in [0.29, 0.717) is 30.0 Å². The first-order valence-electron chi connectivity index (χ1n) is 5.76. The highest BCUT2D eigenvalue weighted by atomic mass is 35.5. The van der Waals surface area contributed by atoms with E-state index in [-0.39, 0.29) is 11.3 Å². The lowest BCUT2D eigenvalue weighted by Crippen LogP contribution is -2.17. The lowest BCUT2D eigenvalue weighted by molar-refractivity contribution is 0.0697. The molecule has 0 bridgehead atoms. The molecule has 2 N–H and O–H groups in total. The predicted octanol–water partition coefficient (Wildman–Crippen LogP) is 2.45. The minimum absolute atomic E-state index is 0.0313. The van der Waals surface area contributed by atoms with E-state index in [4.69, 9.17) is 16.7 Å². The van der Waals surface area contributed by atoms with Gasteiger partial charge in [0, 0.05) is 5.88 Å². The maximum atomic E-state index is 11.8. The molecule has 1 aromatic carbocycles. The summed E-state index contributed by atoms with van der Waals surface area (Å²) >= 11 is 5.49. The normalized spacial score (nSPS) is 11.3. The summed E-state index contributed by atoms with van der Waals surface area (Å²) in [6.07, 6.45) is 1.09. The van der Waals surface area contributed by atoms with Crippen molar-refractivity contribution in [3.63, 3.8) is 0 Å². The first-order chi connectivity index (χ1) is 8.85. The van der Waals surface area contributed by atoms with Crippen molar-refractivity contribution in [1.29, 1.82) is 0 Å². The smallest absolute Gasteiger partial charge is 0.335 e. The van der Waals surface area contributed by atoms with E-state index in [9.17, 15) is 13.2 Å². The average molecular weight is 306 g/mol. The van der Waals surface area contributed by atoms with E-state index in [1.807, 2.05) is 0 Å². The molecule has 0 atom stereocenters. The fourth-order valence-electron chi connectivity index (χ4n) is 1.47. The molecule has 0 unspecified atom stereocenters. The quantitative estimate of drug-likeness (QED) is 0.598. The lowest BCUT2D eigenvalue weighted by Gasteiger charge is -2.11. The van der Waals surface area contributed by atoms with E-state index in [2.05, 4.69) is 4.72 Å². The molecule has 106 valence electrons. The van der Waals surface area contributed by atoms with E-state index < -0.39 is 16.0 Å². The molecule has 0 saturated heterocycles. The largest absolute Gasteiger partial charge is 0.478 e. The minimum atomic E-state index is -3.47. The Hall–Kier alpha value is -1.27. The molecule has 0 radical (unpaired) electrons. The summed E-state index contributed by atoms with van der Waals surface area (Å²) in [5, 5.41) is 8.88. The van der Waals surface area contributed by atoms with E-state index in [1.165, 1.54) is 12.1 Å². The molecule has 0 aliphatic carbocycles. The molecule has 7 heteroatoms. The number of rotatable bonds is 7. The summed E-state index contributed by atoms with van der Waals surface area (Å²) in [6.45, 7) is 1.71. The standard InChI is InChI=1S/C12H16ClNO4S/c1-9-4-5-10(12(15)16)8-11(9)14-19(17,18)7-3-2-6-13/h4-5,8,14H,2-3,6-7H2,1H3,(H,15,16). The Kier molecular flexibility index (Phi) is 5.62. The van der Waals surface area contributed by atoms with Gasteiger partial charge in [-0.15, -0.1) is 11.6 Å². The monoisotopic (exact) mass is 305 g/mol. The third-order valence-corrected chi connectivity index (χ3v) is 4.17. The van der Waals surface area contributed by atoms with Crippen LogP contribution in [0.15, 0.2) is 18.2 Å². The van der Waals surface area contributed by atoms with Crippen LogP contribution in [-0.2, 0) is 10.0 Å². The molecule has 0 amide bonds. The Labute approximate surface area is 117 Å². The van der Waals surface area contributed by atoms with E-state index in [1.54, 1.807) is 13.0 Å². The fourth-order valence-corrected chi connectivity index (χ4v) is 2.90. The van der Waals surface area contributed by atoms with Gasteiger partial charge in [0.25, 0.3) is 0 Å². The van der Waals surface area contributed by atoms with Crippen LogP contribution in [0.25, 0.3) is 0 Å². The van der Waals surface area contributed by atoms with Gasteiger partial charge in [-0.2, -0.15) is 0 Å². The topological polar surface area (TPSA) is 83.5 Å². The number of aryl methyl sites for hydroxylation is 1. The van der Waals surface area contributed by atoms with Crippen molar-refractivity contribution < 1.29 is 18.3 Å². The Morgan fingerprint density at radius 2 is 2.05 bits per heavy atom. The van der Waals surface area contributed by atoms with Crippen molar-refractivity contribution in [1.82, 2.24) is 0 Å². The van der Waals surface area contributed by atoms with Crippen molar-refractivity contribution in [2.45, 2.75) is 19.8 Å². The second-order valence-corrected chi connectivity index (χ2v) is 6.37. The van der Waals surface area contributed by atoms with Gasteiger partial charge in [0.1, 0.15) is 0 Å². The molecule has 0 aliphatic rings. The number of alkyl halides is 1. The minimum Gasteiger partial charge on any atom is -0.478 e. The van der Waals surface area contributed by atoms with Crippen molar-refractivity contribution in [3.8, 4) is 0 Å². The number of halogens is 1. The third-order valence-electron chi connectivity index (χ3n) is 2.55. The number of unbranched alkanes of at least 4 members (excludes halogenated alkanes) is 1. The van der Waals surface area contributed by atoms with Crippen LogP contribution < -0.4 is 4.72 Å². The first kappa shape index (κ1) is 15.8. The number of carboxylic acid groups (broad SMARTS) is 1. The van der Waals surface area contributed by atoms with Gasteiger partial charge in [-0.1, -0.05) is 6.07 Å². The molecule has 5 nitrogen and oxygen atoms in total. The molecule has 0 fully saturated rings. The van der Waals surface area contributed by atoms with Crippen molar-refractivity contribution in [2.24, 2.45) is 0 Å². The van der Waals surface area contributed by atoms with Crippen LogP contribution in [0.2, 0.25) is 0 Å². The van der Waals surface area contributed by atoms with Gasteiger partial charge in [-0.05, 0) is 37.5 Å². The molecule has 0 saturated carbocycles. The van der Waals surface area contributed by atoms with Gasteiger partial charge >= 0.3 is 5.97 Å². The maximum absolute atomic E-state index is 11.8. The second-order valence-electron chi connectivity index (χ2n) is 4.15. The number of carboxylic acids is 1. The Balaban J connectivity index is 2.86. The number of hydrogen-bond donors (Lipinski definition) is 2. The molecule has 19 heavy (non-hydrogen) atoms. The highest BCUT2D eigenvalue weighted by Gasteiger charge is 2.13. The Morgan fingerprint density at radius 3 is 2.63 bits per heavy atom. The van der Waals surface area contributed by atoms with Crippen molar-refractivity contribution in [3.05, 3.63) is 29.3 Å². The molecule has 1 rings (SSSR count). The van der Waals surface area contributed by atoms with Crippen LogP contribution >= 0.6 is 11.6 Å². The molecule has 0 aromatic heterocycles. The van der Waals surface area contributed by atoms with Crippen molar-refractivity contribution >= 4 is 33.3 Å². The molecular weight excluding hydrogens is 290 g/mol. The summed E-state index contributed by atoms with van der Waals surface area (Å²) in [5.74, 6) is -0.706. The molecule has 0 aliphatic heterocycles. The van der Waals surface area contributed by atoms with Crippen LogP contribution in [-0.4, -0.2) is 31.1 Å². The van der Waals surface area contributed by atoms with E-state index in [0.717, 1.165) is 0 Å². The summed E-state index contributed by atoms with van der Waals surface area (Å²) in [6, 6.07) is 4.32. The second kappa shape index (κ2) is 6.77. The van der Waals surface area contributed by atoms with Gasteiger partial charge in [0.15, 0.2) is 0 Å². The molecule has 0 heterocycles. The predicted molar refractivity (Wildman–Crippen MR) is 75.5 cm³/mol. The first-order valence-corrected chi connectivity index (χ1v) is 7.95. The molecular formula is C12H16ClNO4S. The van der Waals surface area contributed by atoms with Crippen molar-refractivity contribution in [2.75, 3.05) is 16.4 Å². The number of anilines is 1. The van der Waals surface area contributed by atoms with Gasteiger partial charge in [-0.3, -0.25) is 4.72 Å². The Bertz CT molecular complexity index is 557. The number of benzene rings is 1. The van der Waals surface area contributed by atoms with Crippen LogP contribution in [0.1, 0.15) is 28.8 Å². The van der Waals surface area contributed by atoms with Gasteiger partial charge in [-0.25, -0.2) is 13.2 Å². The van der Waals surface area contributed by atoms with Gasteiger partial charge in [0.05, 0.1) is 17.0 Å². The molecule has 1 aromatic rings. The van der Waals surface area contributed by atoms with Gasteiger partial charge < -0.3 is 5.11 Å². The SMILES string of the molecule is Cc1ccc(C(=O)O)cc1NS(=O)(=O)CCCCCl. The average Bonchev–Trinajstić information content (AvgIpc) is 2.31. The highest BCUT2D eigenvalue weighted by molar-refractivity contribution is 7.92. The summed E-state index contributed by atoms with van der Waals surface area (Å²) in [5.41, 5.74) is 1.01. The van der Waals surface area contributed by atoms with Crippen LogP contribution in [0, 0.1) is 6.92 Å². The van der Waals surface area contributed by atoms with Crippen LogP contribution in [0.4, 0.5) is 5.69 Å². The summed E-state index contributed by atoms with van der Waals surface area (Å²) in [4.78, 5) is 10.8. The number of nitrogens with one attached hydrogen (secondary N) is 1.